The van der Waals surface area contributed by atoms with Gasteiger partial charge in [0.15, 0.2) is 0 Å². The lowest BCUT2D eigenvalue weighted by molar-refractivity contribution is 0.630. The Labute approximate surface area is 204 Å². The van der Waals surface area contributed by atoms with E-state index < -0.39 is 0 Å². The van der Waals surface area contributed by atoms with Crippen LogP contribution in [0.1, 0.15) is 65.0 Å². The summed E-state index contributed by atoms with van der Waals surface area (Å²) in [5, 5.41) is 0. The van der Waals surface area contributed by atoms with E-state index in [1.54, 1.807) is 39.8 Å². The first-order valence-corrected chi connectivity index (χ1v) is 13.3. The van der Waals surface area contributed by atoms with E-state index in [2.05, 4.69) is 52.8 Å². The van der Waals surface area contributed by atoms with E-state index in [9.17, 15) is 0 Å². The molecule has 4 heterocycles. The predicted octanol–water partition coefficient (Wildman–Crippen LogP) is 5.80. The average Bonchev–Trinajstić information content (AvgIpc) is 2.85. The zero-order chi connectivity index (χ0) is 23.1. The van der Waals surface area contributed by atoms with Gasteiger partial charge in [0, 0.05) is 43.5 Å². The second-order valence-corrected chi connectivity index (χ2v) is 10.5. The quantitative estimate of drug-likeness (QED) is 0.583. The second-order valence-electron chi connectivity index (χ2n) is 10.5. The van der Waals surface area contributed by atoms with Gasteiger partial charge in [-0.05, 0) is 103 Å². The summed E-state index contributed by atoms with van der Waals surface area (Å²) in [5.41, 5.74) is 19.3. The Morgan fingerprint density at radius 3 is 1.50 bits per heavy atom. The van der Waals surface area contributed by atoms with Gasteiger partial charge < -0.3 is 15.5 Å². The molecule has 0 bridgehead atoms. The van der Waals surface area contributed by atoms with Crippen LogP contribution in [0.3, 0.4) is 0 Å². The molecule has 2 N–H and O–H groups in total. The molecule has 0 atom stereocenters. The van der Waals surface area contributed by atoms with E-state index in [0.717, 1.165) is 0 Å². The first-order chi connectivity index (χ1) is 16.8. The molecule has 0 saturated carbocycles. The number of allylic oxidation sites excluding steroid dienone is 4. The molecule has 0 aromatic heterocycles. The van der Waals surface area contributed by atoms with Gasteiger partial charge in [0.2, 0.25) is 0 Å². The van der Waals surface area contributed by atoms with Gasteiger partial charge in [-0.3, -0.25) is 0 Å². The third-order valence-corrected chi connectivity index (χ3v) is 8.31. The third kappa shape index (κ3) is 3.66. The summed E-state index contributed by atoms with van der Waals surface area (Å²) in [6, 6.07) is 10.1. The molecule has 0 unspecified atom stereocenters. The molecule has 6 rings (SSSR count). The number of hydrogen-bond donors (Lipinski definition) is 1. The van der Waals surface area contributed by atoms with Crippen LogP contribution in [0.2, 0.25) is 0 Å². The minimum Gasteiger partial charge on any atom is -0.405 e. The minimum absolute atomic E-state index is 0.176. The molecule has 4 aliphatic rings. The molecule has 0 spiro atoms. The third-order valence-electron chi connectivity index (χ3n) is 8.31. The fourth-order valence-electron chi connectivity index (χ4n) is 7.07. The summed E-state index contributed by atoms with van der Waals surface area (Å²) < 4.78 is 0. The fourth-order valence-corrected chi connectivity index (χ4v) is 7.07. The van der Waals surface area contributed by atoms with Crippen LogP contribution >= 0.6 is 0 Å². The van der Waals surface area contributed by atoms with E-state index in [-0.39, 0.29) is 5.92 Å². The van der Waals surface area contributed by atoms with Crippen LogP contribution in [-0.4, -0.2) is 26.2 Å². The average molecular weight is 452 g/mol. The zero-order valence-corrected chi connectivity index (χ0v) is 20.4. The lowest BCUT2D eigenvalue weighted by atomic mass is 9.78. The Kier molecular flexibility index (Phi) is 5.72. The summed E-state index contributed by atoms with van der Waals surface area (Å²) in [5.74, 6) is 0.176. The van der Waals surface area contributed by atoms with Crippen molar-refractivity contribution in [3.05, 3.63) is 94.2 Å². The molecular formula is C31H37N3. The second kappa shape index (κ2) is 9.02. The van der Waals surface area contributed by atoms with Gasteiger partial charge >= 0.3 is 0 Å². The van der Waals surface area contributed by atoms with Crippen molar-refractivity contribution in [2.24, 2.45) is 5.73 Å². The standard InChI is InChI=1S/C31H37N3/c1-2-7-22(12-13-32)29(27-18-23-8-3-14-33-15-4-9-24(19-27)30(23)33)28-20-25-10-5-16-34-17-6-11-26(21-28)31(25)34/h2,7,12-13,18-21,29H,1,3-6,8-11,14-17,32H2/b13-12-,22-7+. The summed E-state index contributed by atoms with van der Waals surface area (Å²) in [6.45, 7) is 8.89. The van der Waals surface area contributed by atoms with E-state index >= 15 is 0 Å². The van der Waals surface area contributed by atoms with Crippen molar-refractivity contribution in [3.63, 3.8) is 0 Å². The van der Waals surface area contributed by atoms with Gasteiger partial charge in [-0.25, -0.2) is 0 Å². The molecule has 34 heavy (non-hydrogen) atoms. The van der Waals surface area contributed by atoms with Gasteiger partial charge in [-0.2, -0.15) is 0 Å². The molecule has 0 saturated heterocycles. The van der Waals surface area contributed by atoms with Crippen LogP contribution in [0.25, 0.3) is 0 Å². The summed E-state index contributed by atoms with van der Waals surface area (Å²) >= 11 is 0. The largest absolute Gasteiger partial charge is 0.405 e. The lowest BCUT2D eigenvalue weighted by Crippen LogP contribution is -2.35. The van der Waals surface area contributed by atoms with Crippen molar-refractivity contribution < 1.29 is 0 Å². The van der Waals surface area contributed by atoms with Crippen molar-refractivity contribution >= 4 is 11.4 Å². The predicted molar refractivity (Wildman–Crippen MR) is 144 cm³/mol. The van der Waals surface area contributed by atoms with Crippen LogP contribution in [0, 0.1) is 0 Å². The Morgan fingerprint density at radius 2 is 1.15 bits per heavy atom. The number of hydrogen-bond acceptors (Lipinski definition) is 3. The van der Waals surface area contributed by atoms with Crippen LogP contribution in [-0.2, 0) is 25.7 Å². The minimum atomic E-state index is 0.176. The maximum Gasteiger partial charge on any atom is 0.0431 e. The molecule has 0 radical (unpaired) electrons. The lowest BCUT2D eigenvalue weighted by Gasteiger charge is -2.39. The number of benzene rings is 2. The van der Waals surface area contributed by atoms with Gasteiger partial charge in [0.05, 0.1) is 0 Å². The van der Waals surface area contributed by atoms with E-state index in [4.69, 9.17) is 5.73 Å². The maximum atomic E-state index is 5.97. The molecular weight excluding hydrogens is 414 g/mol. The number of aryl methyl sites for hydroxylation is 4. The number of nitrogens with zero attached hydrogens (tertiary/aromatic N) is 2. The van der Waals surface area contributed by atoms with E-state index in [1.807, 2.05) is 6.08 Å². The smallest absolute Gasteiger partial charge is 0.0431 e. The Morgan fingerprint density at radius 1 is 0.735 bits per heavy atom. The zero-order valence-electron chi connectivity index (χ0n) is 20.4. The number of nitrogens with two attached hydrogens (primary N) is 1. The van der Waals surface area contributed by atoms with Crippen LogP contribution in [0.15, 0.2) is 60.8 Å². The fraction of sp³-hybridized carbons (Fsp3) is 0.419. The van der Waals surface area contributed by atoms with E-state index in [1.165, 1.54) is 94.2 Å². The first-order valence-electron chi connectivity index (χ1n) is 13.3. The van der Waals surface area contributed by atoms with Crippen LogP contribution < -0.4 is 15.5 Å². The Hall–Kier alpha value is -2.94. The molecule has 0 aliphatic carbocycles. The van der Waals surface area contributed by atoms with Crippen molar-refractivity contribution in [1.82, 2.24) is 0 Å². The van der Waals surface area contributed by atoms with Gasteiger partial charge in [-0.1, -0.05) is 43.0 Å². The summed E-state index contributed by atoms with van der Waals surface area (Å²) in [6.07, 6.45) is 17.7. The highest BCUT2D eigenvalue weighted by Gasteiger charge is 2.30. The van der Waals surface area contributed by atoms with Crippen molar-refractivity contribution in [2.75, 3.05) is 36.0 Å². The van der Waals surface area contributed by atoms with E-state index in [0.29, 0.717) is 0 Å². The van der Waals surface area contributed by atoms with Gasteiger partial charge in [-0.15, -0.1) is 0 Å². The SMILES string of the molecule is C=C/C=C(\C=C/N)C(c1cc2c3c(c1)CCCN3CCC2)c1cc2c3c(c1)CCCN3CCC2. The first kappa shape index (κ1) is 21.6. The van der Waals surface area contributed by atoms with Crippen LogP contribution in [0.4, 0.5) is 11.4 Å². The molecule has 4 aliphatic heterocycles. The van der Waals surface area contributed by atoms with Crippen LogP contribution in [0.5, 0.6) is 0 Å². The molecule has 3 heteroatoms. The monoisotopic (exact) mass is 451 g/mol. The highest BCUT2D eigenvalue weighted by atomic mass is 15.1. The highest BCUT2D eigenvalue weighted by Crippen LogP contribution is 2.44. The summed E-state index contributed by atoms with van der Waals surface area (Å²) in [4.78, 5) is 5.27. The molecule has 176 valence electrons. The normalized spacial score (nSPS) is 19.4. The molecule has 3 nitrogen and oxygen atoms in total. The van der Waals surface area contributed by atoms with Crippen molar-refractivity contribution in [2.45, 2.75) is 57.3 Å². The van der Waals surface area contributed by atoms with Gasteiger partial charge in [0.25, 0.3) is 0 Å². The molecule has 0 amide bonds. The number of rotatable bonds is 5. The van der Waals surface area contributed by atoms with Crippen molar-refractivity contribution in [1.29, 1.82) is 0 Å². The van der Waals surface area contributed by atoms with Gasteiger partial charge in [0.1, 0.15) is 0 Å². The Bertz CT molecular complexity index is 1030. The molecule has 2 aromatic rings. The van der Waals surface area contributed by atoms with Crippen molar-refractivity contribution in [3.8, 4) is 0 Å². The highest BCUT2D eigenvalue weighted by molar-refractivity contribution is 5.68. The summed E-state index contributed by atoms with van der Waals surface area (Å²) in [7, 11) is 0. The number of anilines is 2. The maximum absolute atomic E-state index is 5.97. The molecule has 0 fully saturated rings. The topological polar surface area (TPSA) is 32.5 Å². The molecule has 2 aromatic carbocycles. The Balaban J connectivity index is 1.54.